The Labute approximate surface area is 222 Å². The fourth-order valence-corrected chi connectivity index (χ4v) is 5.04. The van der Waals surface area contributed by atoms with Crippen LogP contribution < -0.4 is 0 Å². The second-order valence-electron chi connectivity index (χ2n) is 9.79. The molecule has 2 aromatic rings. The van der Waals surface area contributed by atoms with Crippen molar-refractivity contribution in [3.8, 4) is 0 Å². The minimum absolute atomic E-state index is 0.0488. The van der Waals surface area contributed by atoms with E-state index < -0.39 is 36.2 Å². The molecule has 3 amide bonds. The second kappa shape index (κ2) is 11.4. The van der Waals surface area contributed by atoms with Gasteiger partial charge in [0.05, 0.1) is 23.8 Å². The Morgan fingerprint density at radius 1 is 0.821 bits per heavy atom. The van der Waals surface area contributed by atoms with Gasteiger partial charge in [-0.25, -0.2) is 4.79 Å². The summed E-state index contributed by atoms with van der Waals surface area (Å²) in [4.78, 5) is 29.9. The number of piperidine rings is 1. The summed E-state index contributed by atoms with van der Waals surface area (Å²) in [6, 6.07) is 10.4. The molecular weight excluding hydrogens is 528 g/mol. The normalized spacial score (nSPS) is 20.7. The molecule has 12 heteroatoms. The summed E-state index contributed by atoms with van der Waals surface area (Å²) >= 11 is 0. The average Bonchev–Trinajstić information content (AvgIpc) is 2.91. The topological polar surface area (TPSA) is 53.1 Å². The van der Waals surface area contributed by atoms with E-state index in [9.17, 15) is 35.9 Å². The SMILES string of the molecule is CC(=O)N1CCN(C(=O)N2CC[C@H](OCc3cc(C(F)(F)F)cc(C(F)(F)F)c3)[C@H](c3ccccc3)C2)CC1. The predicted octanol–water partition coefficient (Wildman–Crippen LogP) is 5.38. The molecule has 0 radical (unpaired) electrons. The van der Waals surface area contributed by atoms with Crippen LogP contribution >= 0.6 is 0 Å². The van der Waals surface area contributed by atoms with Gasteiger partial charge in [-0.15, -0.1) is 0 Å². The van der Waals surface area contributed by atoms with Crippen molar-refractivity contribution in [2.24, 2.45) is 0 Å². The maximum absolute atomic E-state index is 13.3. The minimum Gasteiger partial charge on any atom is -0.373 e. The number of urea groups is 1. The van der Waals surface area contributed by atoms with Crippen LogP contribution in [0.25, 0.3) is 0 Å². The Kier molecular flexibility index (Phi) is 8.43. The number of carbonyl (C=O) groups excluding carboxylic acids is 2. The maximum atomic E-state index is 13.3. The van der Waals surface area contributed by atoms with Crippen molar-refractivity contribution in [1.29, 1.82) is 0 Å². The van der Waals surface area contributed by atoms with E-state index in [-0.39, 0.29) is 36.0 Å². The molecule has 2 heterocycles. The van der Waals surface area contributed by atoms with E-state index in [1.807, 2.05) is 30.3 Å². The molecule has 0 N–H and O–H groups in total. The second-order valence-corrected chi connectivity index (χ2v) is 9.79. The van der Waals surface area contributed by atoms with Crippen LogP contribution in [0, 0.1) is 0 Å². The summed E-state index contributed by atoms with van der Waals surface area (Å²) < 4.78 is 85.6. The van der Waals surface area contributed by atoms with Gasteiger partial charge in [0.15, 0.2) is 0 Å². The van der Waals surface area contributed by atoms with E-state index in [0.717, 1.165) is 5.56 Å². The van der Waals surface area contributed by atoms with Gasteiger partial charge in [-0.05, 0) is 35.7 Å². The zero-order valence-corrected chi connectivity index (χ0v) is 21.3. The summed E-state index contributed by atoms with van der Waals surface area (Å²) in [7, 11) is 0. The van der Waals surface area contributed by atoms with Crippen molar-refractivity contribution < 1.29 is 40.7 Å². The van der Waals surface area contributed by atoms with Gasteiger partial charge in [-0.1, -0.05) is 30.3 Å². The van der Waals surface area contributed by atoms with Crippen LogP contribution in [0.2, 0.25) is 0 Å². The number of nitrogens with zero attached hydrogens (tertiary/aromatic N) is 3. The van der Waals surface area contributed by atoms with Gasteiger partial charge in [-0.3, -0.25) is 4.79 Å². The summed E-state index contributed by atoms with van der Waals surface area (Å²) in [6.07, 6.45) is -10.1. The molecule has 4 rings (SSSR count). The molecule has 6 nitrogen and oxygen atoms in total. The van der Waals surface area contributed by atoms with Gasteiger partial charge in [-0.2, -0.15) is 26.3 Å². The standard InChI is InChI=1S/C27H29F6N3O3/c1-18(37)34-9-11-35(12-10-34)25(38)36-8-7-24(23(16-36)20-5-3-2-4-6-20)39-17-19-13-21(26(28,29)30)15-22(14-19)27(31,32)33/h2-6,13-15,23-24H,7-12,16-17H2,1H3/t23-,24-/m0/s1. The van der Waals surface area contributed by atoms with E-state index >= 15 is 0 Å². The molecule has 0 spiro atoms. The van der Waals surface area contributed by atoms with Crippen LogP contribution in [-0.2, 0) is 28.5 Å². The first-order chi connectivity index (χ1) is 18.3. The number of hydrogen-bond donors (Lipinski definition) is 0. The third-order valence-corrected chi connectivity index (χ3v) is 7.15. The Balaban J connectivity index is 1.49. The number of ether oxygens (including phenoxy) is 1. The fraction of sp³-hybridized carbons (Fsp3) is 0.481. The van der Waals surface area contributed by atoms with Crippen molar-refractivity contribution in [2.45, 2.75) is 44.3 Å². The lowest BCUT2D eigenvalue weighted by Gasteiger charge is -2.42. The smallest absolute Gasteiger partial charge is 0.373 e. The number of carbonyl (C=O) groups is 2. The van der Waals surface area contributed by atoms with Crippen LogP contribution in [0.15, 0.2) is 48.5 Å². The molecule has 212 valence electrons. The first kappa shape index (κ1) is 28.7. The molecule has 0 unspecified atom stereocenters. The Bertz CT molecular complexity index is 1130. The van der Waals surface area contributed by atoms with E-state index in [2.05, 4.69) is 0 Å². The van der Waals surface area contributed by atoms with E-state index in [4.69, 9.17) is 4.74 Å². The van der Waals surface area contributed by atoms with Crippen molar-refractivity contribution in [3.05, 3.63) is 70.8 Å². The largest absolute Gasteiger partial charge is 0.416 e. The number of piperazine rings is 1. The summed E-state index contributed by atoms with van der Waals surface area (Å²) in [5.74, 6) is -0.386. The zero-order chi connectivity index (χ0) is 28.4. The van der Waals surface area contributed by atoms with Gasteiger partial charge in [0, 0.05) is 52.1 Å². The van der Waals surface area contributed by atoms with Crippen LogP contribution in [0.5, 0.6) is 0 Å². The molecule has 2 saturated heterocycles. The maximum Gasteiger partial charge on any atom is 0.416 e. The van der Waals surface area contributed by atoms with Gasteiger partial charge in [0.2, 0.25) is 5.91 Å². The number of hydrogen-bond acceptors (Lipinski definition) is 3. The van der Waals surface area contributed by atoms with Crippen molar-refractivity contribution in [2.75, 3.05) is 39.3 Å². The molecule has 39 heavy (non-hydrogen) atoms. The average molecular weight is 558 g/mol. The highest BCUT2D eigenvalue weighted by atomic mass is 19.4. The minimum atomic E-state index is -4.94. The highest BCUT2D eigenvalue weighted by molar-refractivity contribution is 5.76. The molecule has 0 saturated carbocycles. The molecule has 2 atom stereocenters. The number of amides is 3. The molecule has 2 aliphatic rings. The molecule has 2 fully saturated rings. The number of likely N-dealkylation sites (tertiary alicyclic amines) is 1. The Morgan fingerprint density at radius 2 is 1.38 bits per heavy atom. The lowest BCUT2D eigenvalue weighted by Crippen LogP contribution is -2.56. The van der Waals surface area contributed by atoms with Crippen LogP contribution in [-0.4, -0.2) is 72.0 Å². The first-order valence-electron chi connectivity index (χ1n) is 12.6. The third-order valence-electron chi connectivity index (χ3n) is 7.15. The van der Waals surface area contributed by atoms with Gasteiger partial charge < -0.3 is 19.4 Å². The van der Waals surface area contributed by atoms with Crippen molar-refractivity contribution in [1.82, 2.24) is 14.7 Å². The molecule has 2 aromatic carbocycles. The quantitative estimate of drug-likeness (QED) is 0.475. The zero-order valence-electron chi connectivity index (χ0n) is 21.3. The molecule has 2 aliphatic heterocycles. The summed E-state index contributed by atoms with van der Waals surface area (Å²) in [5.41, 5.74) is -2.16. The van der Waals surface area contributed by atoms with Gasteiger partial charge in [0.1, 0.15) is 0 Å². The van der Waals surface area contributed by atoms with Crippen LogP contribution in [0.1, 0.15) is 41.5 Å². The molecule has 0 bridgehead atoms. The molecule has 0 aliphatic carbocycles. The highest BCUT2D eigenvalue weighted by Crippen LogP contribution is 2.37. The Morgan fingerprint density at radius 3 is 1.92 bits per heavy atom. The van der Waals surface area contributed by atoms with Gasteiger partial charge in [0.25, 0.3) is 0 Å². The van der Waals surface area contributed by atoms with Crippen molar-refractivity contribution >= 4 is 11.9 Å². The van der Waals surface area contributed by atoms with E-state index in [1.54, 1.807) is 14.7 Å². The van der Waals surface area contributed by atoms with Crippen LogP contribution in [0.4, 0.5) is 31.1 Å². The fourth-order valence-electron chi connectivity index (χ4n) is 5.04. The number of rotatable bonds is 4. The molecular formula is C27H29F6N3O3. The Hall–Kier alpha value is -3.28. The van der Waals surface area contributed by atoms with Gasteiger partial charge >= 0.3 is 18.4 Å². The predicted molar refractivity (Wildman–Crippen MR) is 130 cm³/mol. The number of benzene rings is 2. The summed E-state index contributed by atoms with van der Waals surface area (Å²) in [5, 5.41) is 0. The van der Waals surface area contributed by atoms with E-state index in [0.29, 0.717) is 51.3 Å². The third kappa shape index (κ3) is 7.03. The first-order valence-corrected chi connectivity index (χ1v) is 12.6. The highest BCUT2D eigenvalue weighted by Gasteiger charge is 2.38. The molecule has 0 aromatic heterocycles. The lowest BCUT2D eigenvalue weighted by molar-refractivity contribution is -0.143. The summed E-state index contributed by atoms with van der Waals surface area (Å²) in [6.45, 7) is 3.33. The monoisotopic (exact) mass is 557 g/mol. The lowest BCUT2D eigenvalue weighted by atomic mass is 9.88. The van der Waals surface area contributed by atoms with E-state index in [1.165, 1.54) is 6.92 Å². The number of alkyl halides is 6. The van der Waals surface area contributed by atoms with Crippen LogP contribution in [0.3, 0.4) is 0 Å². The number of halogens is 6. The van der Waals surface area contributed by atoms with Crippen molar-refractivity contribution in [3.63, 3.8) is 0 Å².